The zero-order chi connectivity index (χ0) is 23.5. The van der Waals surface area contributed by atoms with Gasteiger partial charge in [0.25, 0.3) is 0 Å². The number of carbonyl (C=O) groups is 2. The molecule has 0 amide bonds. The van der Waals surface area contributed by atoms with Crippen LogP contribution in [0, 0.1) is 5.82 Å². The molecule has 3 aromatic carbocycles. The van der Waals surface area contributed by atoms with E-state index in [0.717, 1.165) is 5.56 Å². The molecule has 0 radical (unpaired) electrons. The fraction of sp³-hybridized carbons (Fsp3) is 0.120. The molecule has 4 rings (SSSR count). The minimum atomic E-state index is -0.529. The number of benzene rings is 3. The number of carbonyl (C=O) groups excluding carboxylic acids is 2. The number of nitrogens with zero attached hydrogens (tertiary/aromatic N) is 1. The average molecular weight is 486 g/mol. The monoisotopic (exact) mass is 485 g/mol. The van der Waals surface area contributed by atoms with Gasteiger partial charge in [-0.2, -0.15) is 0 Å². The summed E-state index contributed by atoms with van der Waals surface area (Å²) in [5.41, 5.74) is 2.41. The molecule has 0 unspecified atom stereocenters. The third kappa shape index (κ3) is 4.72. The van der Waals surface area contributed by atoms with Gasteiger partial charge in [0.05, 0.1) is 19.2 Å². The molecule has 8 heteroatoms. The van der Waals surface area contributed by atoms with Gasteiger partial charge in [-0.25, -0.2) is 9.18 Å². The quantitative estimate of drug-likeness (QED) is 0.227. The molecule has 33 heavy (non-hydrogen) atoms. The normalized spacial score (nSPS) is 10.9. The molecule has 168 valence electrons. The molecular formula is C25H18Cl2FNO4. The van der Waals surface area contributed by atoms with Crippen molar-refractivity contribution in [3.05, 3.63) is 98.9 Å². The van der Waals surface area contributed by atoms with Crippen molar-refractivity contribution in [3.63, 3.8) is 0 Å². The maximum atomic E-state index is 14.2. The van der Waals surface area contributed by atoms with E-state index < -0.39 is 11.8 Å². The van der Waals surface area contributed by atoms with Gasteiger partial charge in [-0.1, -0.05) is 35.3 Å². The first-order valence-electron chi connectivity index (χ1n) is 9.91. The van der Waals surface area contributed by atoms with Crippen LogP contribution in [-0.4, -0.2) is 23.9 Å². The Kier molecular flexibility index (Phi) is 6.67. The van der Waals surface area contributed by atoms with Crippen LogP contribution in [0.25, 0.3) is 10.9 Å². The van der Waals surface area contributed by atoms with Crippen molar-refractivity contribution in [2.45, 2.75) is 13.2 Å². The van der Waals surface area contributed by atoms with Gasteiger partial charge in [0.2, 0.25) is 0 Å². The highest BCUT2D eigenvalue weighted by Gasteiger charge is 2.18. The predicted molar refractivity (Wildman–Crippen MR) is 125 cm³/mol. The van der Waals surface area contributed by atoms with Gasteiger partial charge in [0, 0.05) is 43.8 Å². The number of rotatable bonds is 7. The molecule has 0 bridgehead atoms. The first kappa shape index (κ1) is 22.8. The second-order valence-electron chi connectivity index (χ2n) is 7.30. The molecule has 0 aliphatic rings. The molecule has 5 nitrogen and oxygen atoms in total. The van der Waals surface area contributed by atoms with E-state index >= 15 is 0 Å². The maximum Gasteiger partial charge on any atom is 0.338 e. The molecule has 0 saturated heterocycles. The van der Waals surface area contributed by atoms with E-state index in [9.17, 15) is 14.0 Å². The van der Waals surface area contributed by atoms with E-state index in [4.69, 9.17) is 32.7 Å². The van der Waals surface area contributed by atoms with Crippen LogP contribution in [0.5, 0.6) is 5.75 Å². The van der Waals surface area contributed by atoms with Gasteiger partial charge in [-0.15, -0.1) is 0 Å². The lowest BCUT2D eigenvalue weighted by Gasteiger charge is -2.14. The van der Waals surface area contributed by atoms with Gasteiger partial charge in [-0.3, -0.25) is 4.79 Å². The Labute approximate surface area is 199 Å². The summed E-state index contributed by atoms with van der Waals surface area (Å²) < 4.78 is 26.7. The lowest BCUT2D eigenvalue weighted by atomic mass is 10.1. The second-order valence-corrected chi connectivity index (χ2v) is 8.17. The minimum Gasteiger partial charge on any atom is -0.488 e. The van der Waals surface area contributed by atoms with Crippen molar-refractivity contribution < 1.29 is 23.5 Å². The van der Waals surface area contributed by atoms with E-state index in [-0.39, 0.29) is 6.61 Å². The first-order chi connectivity index (χ1) is 15.9. The average Bonchev–Trinajstić information content (AvgIpc) is 3.16. The maximum absolute atomic E-state index is 14.2. The summed E-state index contributed by atoms with van der Waals surface area (Å²) >= 11 is 12.0. The number of hydrogen-bond acceptors (Lipinski definition) is 4. The Bertz CT molecular complexity index is 1370. The van der Waals surface area contributed by atoms with Crippen molar-refractivity contribution in [2.24, 2.45) is 0 Å². The molecule has 0 N–H and O–H groups in total. The van der Waals surface area contributed by atoms with Gasteiger partial charge in [0.15, 0.2) is 6.29 Å². The summed E-state index contributed by atoms with van der Waals surface area (Å²) in [6, 6.07) is 14.7. The van der Waals surface area contributed by atoms with Crippen LogP contribution in [0.1, 0.15) is 31.8 Å². The van der Waals surface area contributed by atoms with E-state index in [0.29, 0.717) is 56.2 Å². The molecular weight excluding hydrogens is 468 g/mol. The number of methoxy groups -OCH3 is 1. The van der Waals surface area contributed by atoms with Crippen LogP contribution >= 0.6 is 23.2 Å². The van der Waals surface area contributed by atoms with Crippen LogP contribution in [0.2, 0.25) is 10.0 Å². The van der Waals surface area contributed by atoms with Crippen molar-refractivity contribution in [1.29, 1.82) is 0 Å². The molecule has 0 spiro atoms. The van der Waals surface area contributed by atoms with Crippen LogP contribution in [0.4, 0.5) is 4.39 Å². The van der Waals surface area contributed by atoms with Crippen molar-refractivity contribution in [3.8, 4) is 5.75 Å². The number of halogens is 3. The third-order valence-corrected chi connectivity index (χ3v) is 5.70. The SMILES string of the molecule is COC(=O)c1cccc2c1c(C=O)cn2Cc1cc(Cl)ccc1OCc1ccc(Cl)cc1F. The Morgan fingerprint density at radius 1 is 1.06 bits per heavy atom. The Hall–Kier alpha value is -3.35. The number of esters is 1. The smallest absolute Gasteiger partial charge is 0.338 e. The van der Waals surface area contributed by atoms with Gasteiger partial charge >= 0.3 is 5.97 Å². The fourth-order valence-electron chi connectivity index (χ4n) is 3.68. The lowest BCUT2D eigenvalue weighted by molar-refractivity contribution is 0.0603. The largest absolute Gasteiger partial charge is 0.488 e. The lowest BCUT2D eigenvalue weighted by Crippen LogP contribution is -2.05. The highest BCUT2D eigenvalue weighted by atomic mass is 35.5. The summed E-state index contributed by atoms with van der Waals surface area (Å²) in [5, 5.41) is 1.31. The molecule has 1 aromatic heterocycles. The fourth-order valence-corrected chi connectivity index (χ4v) is 4.03. The highest BCUT2D eigenvalue weighted by Crippen LogP contribution is 2.30. The minimum absolute atomic E-state index is 0.00383. The molecule has 0 aliphatic heterocycles. The van der Waals surface area contributed by atoms with E-state index in [2.05, 4.69) is 0 Å². The number of ether oxygens (including phenoxy) is 2. The molecule has 0 atom stereocenters. The van der Waals surface area contributed by atoms with Gasteiger partial charge in [-0.05, 0) is 42.5 Å². The molecule has 0 saturated carbocycles. The van der Waals surface area contributed by atoms with E-state index in [1.807, 2.05) is 10.6 Å². The predicted octanol–water partition coefficient (Wildman–Crippen LogP) is 6.31. The van der Waals surface area contributed by atoms with Crippen LogP contribution in [-0.2, 0) is 17.9 Å². The van der Waals surface area contributed by atoms with Crippen LogP contribution in [0.3, 0.4) is 0 Å². The Balaban J connectivity index is 1.70. The molecule has 0 fully saturated rings. The van der Waals surface area contributed by atoms with Crippen molar-refractivity contribution >= 4 is 46.4 Å². The standard InChI is InChI=1S/C25H18Cl2FNO4/c1-32-25(31)20-3-2-4-22-24(20)17(13-30)12-29(22)11-16-9-18(26)7-8-23(16)33-14-15-5-6-19(27)10-21(15)28/h2-10,12-13H,11,14H2,1H3. The molecule has 1 heterocycles. The summed E-state index contributed by atoms with van der Waals surface area (Å²) in [7, 11) is 1.29. The molecule has 4 aromatic rings. The van der Waals surface area contributed by atoms with Crippen molar-refractivity contribution in [2.75, 3.05) is 7.11 Å². The topological polar surface area (TPSA) is 57.5 Å². The van der Waals surface area contributed by atoms with Crippen molar-refractivity contribution in [1.82, 2.24) is 4.57 Å². The summed E-state index contributed by atoms with van der Waals surface area (Å²) in [6.45, 7) is 0.296. The van der Waals surface area contributed by atoms with E-state index in [1.54, 1.807) is 48.7 Å². The summed E-state index contributed by atoms with van der Waals surface area (Å²) in [4.78, 5) is 23.9. The first-order valence-corrected chi connectivity index (χ1v) is 10.7. The number of fused-ring (bicyclic) bond motifs is 1. The zero-order valence-corrected chi connectivity index (χ0v) is 19.0. The Morgan fingerprint density at radius 2 is 1.82 bits per heavy atom. The molecule has 0 aliphatic carbocycles. The number of hydrogen-bond donors (Lipinski definition) is 0. The zero-order valence-electron chi connectivity index (χ0n) is 17.5. The number of aldehydes is 1. The van der Waals surface area contributed by atoms with E-state index in [1.165, 1.54) is 13.2 Å². The van der Waals surface area contributed by atoms with Crippen LogP contribution < -0.4 is 4.74 Å². The number of aromatic nitrogens is 1. The second kappa shape index (κ2) is 9.65. The third-order valence-electron chi connectivity index (χ3n) is 5.23. The van der Waals surface area contributed by atoms with Gasteiger partial charge < -0.3 is 14.0 Å². The van der Waals surface area contributed by atoms with Crippen LogP contribution in [0.15, 0.2) is 60.8 Å². The summed E-state index contributed by atoms with van der Waals surface area (Å²) in [5.74, 6) is -0.481. The summed E-state index contributed by atoms with van der Waals surface area (Å²) in [6.07, 6.45) is 2.36. The highest BCUT2D eigenvalue weighted by molar-refractivity contribution is 6.30. The van der Waals surface area contributed by atoms with Gasteiger partial charge in [0.1, 0.15) is 18.2 Å². The Morgan fingerprint density at radius 3 is 2.55 bits per heavy atom.